The third-order valence-electron chi connectivity index (χ3n) is 3.29. The summed E-state index contributed by atoms with van der Waals surface area (Å²) in [6.45, 7) is 1.41. The zero-order valence-corrected chi connectivity index (χ0v) is 13.7. The second-order valence-corrected chi connectivity index (χ2v) is 5.17. The van der Waals surface area contributed by atoms with Crippen molar-refractivity contribution in [1.29, 1.82) is 0 Å². The van der Waals surface area contributed by atoms with Crippen molar-refractivity contribution in [1.82, 2.24) is 4.98 Å². The van der Waals surface area contributed by atoms with Crippen LogP contribution in [0.2, 0.25) is 0 Å². The van der Waals surface area contributed by atoms with E-state index in [1.54, 1.807) is 31.2 Å². The Balaban J connectivity index is 2.08. The molecule has 1 heterocycles. The first-order valence-corrected chi connectivity index (χ1v) is 7.35. The highest BCUT2D eigenvalue weighted by Gasteiger charge is 2.13. The Hall–Kier alpha value is -3.35. The van der Waals surface area contributed by atoms with E-state index >= 15 is 0 Å². The molecule has 0 aliphatic heterocycles. The van der Waals surface area contributed by atoms with Gasteiger partial charge in [-0.15, -0.1) is 0 Å². The summed E-state index contributed by atoms with van der Waals surface area (Å²) >= 11 is 0. The molecule has 0 amide bonds. The van der Waals surface area contributed by atoms with Crippen LogP contribution in [-0.4, -0.2) is 35.6 Å². The van der Waals surface area contributed by atoms with Crippen LogP contribution in [0, 0.1) is 6.92 Å². The largest absolute Gasteiger partial charge is 0.507 e. The van der Waals surface area contributed by atoms with Gasteiger partial charge in [-0.3, -0.25) is 9.59 Å². The maximum Gasteiger partial charge on any atom is 0.343 e. The summed E-state index contributed by atoms with van der Waals surface area (Å²) in [7, 11) is 1.27. The molecule has 2 N–H and O–H groups in total. The topological polar surface area (TPSA) is 106 Å². The second-order valence-electron chi connectivity index (χ2n) is 5.17. The lowest BCUT2D eigenvalue weighted by atomic mass is 10.1. The number of rotatable bonds is 6. The number of ketones is 1. The molecule has 25 heavy (non-hydrogen) atoms. The average molecular weight is 343 g/mol. The number of aromatic amines is 1. The van der Waals surface area contributed by atoms with E-state index < -0.39 is 17.3 Å². The number of aromatic nitrogens is 1. The number of H-pyrrole nitrogens is 1. The van der Waals surface area contributed by atoms with Crippen molar-refractivity contribution >= 4 is 17.8 Å². The highest BCUT2D eigenvalue weighted by atomic mass is 16.6. The van der Waals surface area contributed by atoms with Crippen LogP contribution in [0.15, 0.2) is 41.2 Å². The lowest BCUT2D eigenvalue weighted by molar-refractivity contribution is -0.142. The summed E-state index contributed by atoms with van der Waals surface area (Å²) in [5.41, 5.74) is 0.200. The van der Waals surface area contributed by atoms with Gasteiger partial charge in [-0.25, -0.2) is 4.79 Å². The van der Waals surface area contributed by atoms with E-state index in [2.05, 4.69) is 9.72 Å². The van der Waals surface area contributed by atoms with Crippen molar-refractivity contribution in [3.63, 3.8) is 0 Å². The van der Waals surface area contributed by atoms with Crippen LogP contribution in [0.3, 0.4) is 0 Å². The van der Waals surface area contributed by atoms with Crippen molar-refractivity contribution in [3.05, 3.63) is 63.6 Å². The van der Waals surface area contributed by atoms with E-state index in [9.17, 15) is 19.5 Å². The number of methoxy groups -OCH3 is 1. The van der Waals surface area contributed by atoms with Gasteiger partial charge in [0.15, 0.2) is 12.4 Å². The standard InChI is InChI=1S/C18H17NO6/c1-11-9-15(21)17(18(23)19-11)14(20)8-5-12-3-6-13(7-4-12)25-10-16(22)24-2/h3-9H,10H2,1-2H3,(H2,19,21,23)/b8-5+. The van der Waals surface area contributed by atoms with Gasteiger partial charge in [0.25, 0.3) is 5.56 Å². The number of aromatic hydroxyl groups is 1. The van der Waals surface area contributed by atoms with Crippen LogP contribution in [0.5, 0.6) is 11.5 Å². The van der Waals surface area contributed by atoms with Gasteiger partial charge in [-0.2, -0.15) is 0 Å². The van der Waals surface area contributed by atoms with Crippen LogP contribution < -0.4 is 10.3 Å². The molecule has 2 rings (SSSR count). The summed E-state index contributed by atoms with van der Waals surface area (Å²) < 4.78 is 9.68. The first-order chi connectivity index (χ1) is 11.9. The fraction of sp³-hybridized carbons (Fsp3) is 0.167. The maximum atomic E-state index is 12.1. The van der Waals surface area contributed by atoms with Gasteiger partial charge in [0.2, 0.25) is 0 Å². The average Bonchev–Trinajstić information content (AvgIpc) is 2.57. The number of benzene rings is 1. The van der Waals surface area contributed by atoms with Crippen molar-refractivity contribution in [2.75, 3.05) is 13.7 Å². The van der Waals surface area contributed by atoms with E-state index in [0.29, 0.717) is 17.0 Å². The van der Waals surface area contributed by atoms with Crippen molar-refractivity contribution in [2.45, 2.75) is 6.92 Å². The molecule has 0 unspecified atom stereocenters. The number of nitrogens with one attached hydrogen (secondary N) is 1. The lowest BCUT2D eigenvalue weighted by Crippen LogP contribution is -2.17. The van der Waals surface area contributed by atoms with Gasteiger partial charge in [-0.1, -0.05) is 18.2 Å². The molecule has 130 valence electrons. The number of carbonyl (C=O) groups excluding carboxylic acids is 2. The Kier molecular flexibility index (Phi) is 5.73. The predicted octanol–water partition coefficient (Wildman–Crippen LogP) is 1.84. The van der Waals surface area contributed by atoms with Gasteiger partial charge in [0.05, 0.1) is 7.11 Å². The molecular formula is C18H17NO6. The minimum absolute atomic E-state index is 0.195. The molecular weight excluding hydrogens is 326 g/mol. The fourth-order valence-corrected chi connectivity index (χ4v) is 2.04. The predicted molar refractivity (Wildman–Crippen MR) is 90.8 cm³/mol. The summed E-state index contributed by atoms with van der Waals surface area (Å²) in [5.74, 6) is -0.980. The maximum absolute atomic E-state index is 12.1. The highest BCUT2D eigenvalue weighted by molar-refractivity contribution is 6.08. The van der Waals surface area contributed by atoms with Crippen LogP contribution in [0.25, 0.3) is 6.08 Å². The number of hydrogen-bond acceptors (Lipinski definition) is 6. The minimum atomic E-state index is -0.640. The van der Waals surface area contributed by atoms with E-state index in [1.165, 1.54) is 25.3 Å². The SMILES string of the molecule is COC(=O)COc1ccc(/C=C/C(=O)c2c(O)cc(C)[nH]c2=O)cc1. The molecule has 0 fully saturated rings. The highest BCUT2D eigenvalue weighted by Crippen LogP contribution is 2.16. The minimum Gasteiger partial charge on any atom is -0.507 e. The Morgan fingerprint density at radius 3 is 2.52 bits per heavy atom. The van der Waals surface area contributed by atoms with Crippen molar-refractivity contribution < 1.29 is 24.2 Å². The van der Waals surface area contributed by atoms with Crippen LogP contribution in [0.1, 0.15) is 21.6 Å². The second kappa shape index (κ2) is 7.96. The molecule has 0 spiro atoms. The molecule has 0 atom stereocenters. The number of ether oxygens (including phenoxy) is 2. The molecule has 2 aromatic rings. The molecule has 0 radical (unpaired) electrons. The number of allylic oxidation sites excluding steroid dienone is 1. The molecule has 0 saturated heterocycles. The van der Waals surface area contributed by atoms with E-state index in [1.807, 2.05) is 0 Å². The number of carbonyl (C=O) groups is 2. The van der Waals surface area contributed by atoms with Crippen LogP contribution in [-0.2, 0) is 9.53 Å². The number of aryl methyl sites for hydroxylation is 1. The van der Waals surface area contributed by atoms with Crippen LogP contribution in [0.4, 0.5) is 0 Å². The van der Waals surface area contributed by atoms with Gasteiger partial charge in [0, 0.05) is 5.69 Å². The fourth-order valence-electron chi connectivity index (χ4n) is 2.04. The first kappa shape index (κ1) is 18.0. The summed E-state index contributed by atoms with van der Waals surface area (Å²) in [6, 6.07) is 7.92. The number of pyridine rings is 1. The Labute approximate surface area is 143 Å². The monoisotopic (exact) mass is 343 g/mol. The zero-order valence-electron chi connectivity index (χ0n) is 13.7. The molecule has 0 aliphatic carbocycles. The molecule has 0 bridgehead atoms. The van der Waals surface area contributed by atoms with E-state index in [-0.39, 0.29) is 17.9 Å². The number of hydrogen-bond donors (Lipinski definition) is 2. The van der Waals surface area contributed by atoms with Crippen molar-refractivity contribution in [2.24, 2.45) is 0 Å². The third kappa shape index (κ3) is 4.81. The Bertz CT molecular complexity index is 864. The quantitative estimate of drug-likeness (QED) is 0.471. The van der Waals surface area contributed by atoms with Gasteiger partial charge in [-0.05, 0) is 36.8 Å². The van der Waals surface area contributed by atoms with E-state index in [4.69, 9.17) is 4.74 Å². The molecule has 0 aliphatic rings. The Morgan fingerprint density at radius 2 is 1.92 bits per heavy atom. The molecule has 0 saturated carbocycles. The van der Waals surface area contributed by atoms with Crippen LogP contribution >= 0.6 is 0 Å². The Morgan fingerprint density at radius 1 is 1.24 bits per heavy atom. The van der Waals surface area contributed by atoms with Gasteiger partial charge < -0.3 is 19.6 Å². The summed E-state index contributed by atoms with van der Waals surface area (Å²) in [6.07, 6.45) is 2.70. The third-order valence-corrected chi connectivity index (χ3v) is 3.29. The normalized spacial score (nSPS) is 10.6. The molecule has 1 aromatic heterocycles. The number of esters is 1. The van der Waals surface area contributed by atoms with E-state index in [0.717, 1.165) is 0 Å². The van der Waals surface area contributed by atoms with Crippen molar-refractivity contribution in [3.8, 4) is 11.5 Å². The molecule has 1 aromatic carbocycles. The summed E-state index contributed by atoms with van der Waals surface area (Å²) in [4.78, 5) is 37.4. The zero-order chi connectivity index (χ0) is 18.4. The van der Waals surface area contributed by atoms with Gasteiger partial charge in [0.1, 0.15) is 17.1 Å². The summed E-state index contributed by atoms with van der Waals surface area (Å²) in [5, 5.41) is 9.77. The van der Waals surface area contributed by atoms with Gasteiger partial charge >= 0.3 is 5.97 Å². The molecule has 7 nitrogen and oxygen atoms in total. The lowest BCUT2D eigenvalue weighted by Gasteiger charge is -2.04. The first-order valence-electron chi connectivity index (χ1n) is 7.35. The smallest absolute Gasteiger partial charge is 0.343 e. The molecule has 7 heteroatoms.